The lowest BCUT2D eigenvalue weighted by atomic mass is 9.68. The first-order chi connectivity index (χ1) is 6.74. The molecular weight excluding hydrogens is 178 g/mol. The van der Waals surface area contributed by atoms with E-state index in [1.165, 1.54) is 25.9 Å². The molecule has 0 aromatic heterocycles. The first-order valence-corrected chi connectivity index (χ1v) is 5.63. The third-order valence-corrected chi connectivity index (χ3v) is 3.75. The quantitative estimate of drug-likeness (QED) is 0.732. The Kier molecular flexibility index (Phi) is 3.10. The molecule has 3 heteroatoms. The van der Waals surface area contributed by atoms with Crippen molar-refractivity contribution in [3.63, 3.8) is 0 Å². The van der Waals surface area contributed by atoms with Crippen molar-refractivity contribution in [1.82, 2.24) is 4.90 Å². The highest BCUT2D eigenvalue weighted by atomic mass is 16.5. The average molecular weight is 199 g/mol. The van der Waals surface area contributed by atoms with Gasteiger partial charge in [0, 0.05) is 26.7 Å². The van der Waals surface area contributed by atoms with Gasteiger partial charge in [-0.15, -0.1) is 0 Å². The van der Waals surface area contributed by atoms with Crippen molar-refractivity contribution in [1.29, 1.82) is 0 Å². The summed E-state index contributed by atoms with van der Waals surface area (Å²) < 4.78 is 5.06. The number of likely N-dealkylation sites (tertiary alicyclic amines) is 1. The van der Waals surface area contributed by atoms with Crippen LogP contribution >= 0.6 is 0 Å². The first-order valence-electron chi connectivity index (χ1n) is 5.63. The molecule has 0 aromatic carbocycles. The molecule has 3 nitrogen and oxygen atoms in total. The maximum atomic E-state index is 9.43. The maximum absolute atomic E-state index is 9.43. The Labute approximate surface area is 86.0 Å². The molecule has 0 unspecified atom stereocenters. The molecule has 1 saturated heterocycles. The van der Waals surface area contributed by atoms with Crippen LogP contribution in [0.2, 0.25) is 0 Å². The summed E-state index contributed by atoms with van der Waals surface area (Å²) in [5.74, 6) is 0. The molecule has 2 rings (SSSR count). The Hall–Kier alpha value is -0.120. The number of aliphatic hydroxyl groups excluding tert-OH is 1. The summed E-state index contributed by atoms with van der Waals surface area (Å²) in [6.07, 6.45) is 4.44. The van der Waals surface area contributed by atoms with Gasteiger partial charge in [0.05, 0.1) is 12.7 Å². The minimum atomic E-state index is -0.0198. The van der Waals surface area contributed by atoms with E-state index in [4.69, 9.17) is 4.74 Å². The van der Waals surface area contributed by atoms with E-state index in [-0.39, 0.29) is 6.10 Å². The minimum absolute atomic E-state index is 0.0198. The van der Waals surface area contributed by atoms with Crippen LogP contribution in [-0.4, -0.2) is 49.5 Å². The highest BCUT2D eigenvalue weighted by molar-refractivity contribution is 4.97. The number of ether oxygens (including phenoxy) is 1. The van der Waals surface area contributed by atoms with Crippen LogP contribution in [0.15, 0.2) is 0 Å². The van der Waals surface area contributed by atoms with E-state index in [1.54, 1.807) is 7.11 Å². The van der Waals surface area contributed by atoms with Crippen molar-refractivity contribution in [3.05, 3.63) is 0 Å². The Morgan fingerprint density at radius 1 is 1.36 bits per heavy atom. The van der Waals surface area contributed by atoms with E-state index < -0.39 is 0 Å². The maximum Gasteiger partial charge on any atom is 0.0589 e. The number of hydrogen-bond acceptors (Lipinski definition) is 3. The van der Waals surface area contributed by atoms with Crippen molar-refractivity contribution in [2.24, 2.45) is 5.41 Å². The van der Waals surface area contributed by atoms with Crippen molar-refractivity contribution in [3.8, 4) is 0 Å². The molecule has 1 aliphatic carbocycles. The van der Waals surface area contributed by atoms with E-state index in [2.05, 4.69) is 4.90 Å². The first kappa shape index (κ1) is 10.4. The predicted molar refractivity (Wildman–Crippen MR) is 55.2 cm³/mol. The topological polar surface area (TPSA) is 32.7 Å². The van der Waals surface area contributed by atoms with Crippen molar-refractivity contribution in [2.45, 2.75) is 31.8 Å². The monoisotopic (exact) mass is 199 g/mol. The van der Waals surface area contributed by atoms with Gasteiger partial charge in [0.25, 0.3) is 0 Å². The van der Waals surface area contributed by atoms with Crippen LogP contribution in [0.3, 0.4) is 0 Å². The third-order valence-electron chi connectivity index (χ3n) is 3.75. The molecule has 2 fully saturated rings. The molecule has 1 saturated carbocycles. The van der Waals surface area contributed by atoms with Gasteiger partial charge in [-0.3, -0.25) is 4.90 Å². The number of aliphatic hydroxyl groups is 1. The zero-order chi connectivity index (χ0) is 10.0. The molecule has 1 aliphatic heterocycles. The van der Waals surface area contributed by atoms with Crippen LogP contribution in [0.4, 0.5) is 0 Å². The molecule has 1 N–H and O–H groups in total. The van der Waals surface area contributed by atoms with Crippen LogP contribution in [0.25, 0.3) is 0 Å². The van der Waals surface area contributed by atoms with Gasteiger partial charge in [-0.05, 0) is 31.1 Å². The summed E-state index contributed by atoms with van der Waals surface area (Å²) in [4.78, 5) is 2.46. The van der Waals surface area contributed by atoms with Gasteiger partial charge >= 0.3 is 0 Å². The summed E-state index contributed by atoms with van der Waals surface area (Å²) in [6.45, 7) is 4.37. The highest BCUT2D eigenvalue weighted by Crippen LogP contribution is 2.43. The summed E-state index contributed by atoms with van der Waals surface area (Å²) in [5.41, 5.74) is 0.562. The van der Waals surface area contributed by atoms with E-state index in [1.807, 2.05) is 0 Å². The molecule has 0 amide bonds. The number of methoxy groups -OCH3 is 1. The lowest BCUT2D eigenvalue weighted by molar-refractivity contribution is -0.0605. The fraction of sp³-hybridized carbons (Fsp3) is 1.00. The van der Waals surface area contributed by atoms with Gasteiger partial charge in [0.1, 0.15) is 0 Å². The predicted octanol–water partition coefficient (Wildman–Crippen LogP) is 0.870. The molecule has 2 aliphatic rings. The lowest BCUT2D eigenvalue weighted by Crippen LogP contribution is -2.58. The Morgan fingerprint density at radius 3 is 2.57 bits per heavy atom. The number of nitrogens with zero attached hydrogens (tertiary/aromatic N) is 1. The Bertz CT molecular complexity index is 180. The third kappa shape index (κ3) is 2.10. The molecule has 0 aromatic rings. The van der Waals surface area contributed by atoms with Gasteiger partial charge in [-0.1, -0.05) is 0 Å². The lowest BCUT2D eigenvalue weighted by Gasteiger charge is -2.53. The smallest absolute Gasteiger partial charge is 0.0589 e. The highest BCUT2D eigenvalue weighted by Gasteiger charge is 2.44. The number of rotatable bonds is 3. The molecule has 82 valence electrons. The van der Waals surface area contributed by atoms with E-state index in [0.29, 0.717) is 5.41 Å². The Morgan fingerprint density at radius 2 is 2.00 bits per heavy atom. The normalized spacial score (nSPS) is 27.9. The standard InChI is InChI=1S/C11H21NO2/c1-14-7-6-12-8-11(9-12)4-2-10(13)3-5-11/h10,13H,2-9H2,1H3. The summed E-state index contributed by atoms with van der Waals surface area (Å²) in [7, 11) is 1.76. The van der Waals surface area contributed by atoms with Gasteiger partial charge in [-0.25, -0.2) is 0 Å². The Balaban J connectivity index is 1.70. The summed E-state index contributed by atoms with van der Waals surface area (Å²) in [5, 5.41) is 9.43. The van der Waals surface area contributed by atoms with Crippen LogP contribution in [-0.2, 0) is 4.74 Å². The van der Waals surface area contributed by atoms with Gasteiger partial charge in [0.2, 0.25) is 0 Å². The zero-order valence-electron chi connectivity index (χ0n) is 9.04. The molecule has 14 heavy (non-hydrogen) atoms. The SMILES string of the molecule is COCCN1CC2(CCC(O)CC2)C1. The van der Waals surface area contributed by atoms with Crippen molar-refractivity contribution >= 4 is 0 Å². The fourth-order valence-electron chi connectivity index (χ4n) is 2.81. The van der Waals surface area contributed by atoms with Crippen LogP contribution in [0, 0.1) is 5.41 Å². The zero-order valence-corrected chi connectivity index (χ0v) is 9.04. The number of hydrogen-bond donors (Lipinski definition) is 1. The summed E-state index contributed by atoms with van der Waals surface area (Å²) >= 11 is 0. The van der Waals surface area contributed by atoms with Crippen LogP contribution in [0.5, 0.6) is 0 Å². The van der Waals surface area contributed by atoms with E-state index >= 15 is 0 Å². The molecule has 0 atom stereocenters. The average Bonchev–Trinajstić information content (AvgIpc) is 2.14. The van der Waals surface area contributed by atoms with E-state index in [0.717, 1.165) is 26.0 Å². The largest absolute Gasteiger partial charge is 0.393 e. The molecule has 1 heterocycles. The summed E-state index contributed by atoms with van der Waals surface area (Å²) in [6, 6.07) is 0. The molecule has 1 spiro atoms. The van der Waals surface area contributed by atoms with Gasteiger partial charge in [0.15, 0.2) is 0 Å². The molecular formula is C11H21NO2. The second kappa shape index (κ2) is 4.17. The van der Waals surface area contributed by atoms with Crippen molar-refractivity contribution in [2.75, 3.05) is 33.4 Å². The second-order valence-electron chi connectivity index (χ2n) is 4.93. The van der Waals surface area contributed by atoms with Gasteiger partial charge < -0.3 is 9.84 Å². The molecule has 0 bridgehead atoms. The minimum Gasteiger partial charge on any atom is -0.393 e. The molecule has 0 radical (unpaired) electrons. The van der Waals surface area contributed by atoms with E-state index in [9.17, 15) is 5.11 Å². The fourth-order valence-corrected chi connectivity index (χ4v) is 2.81. The van der Waals surface area contributed by atoms with Gasteiger partial charge in [-0.2, -0.15) is 0 Å². The van der Waals surface area contributed by atoms with Crippen LogP contribution < -0.4 is 0 Å². The van der Waals surface area contributed by atoms with Crippen LogP contribution in [0.1, 0.15) is 25.7 Å². The van der Waals surface area contributed by atoms with Crippen molar-refractivity contribution < 1.29 is 9.84 Å². The second-order valence-corrected chi connectivity index (χ2v) is 4.93.